The Labute approximate surface area is 105 Å². The van der Waals surface area contributed by atoms with Crippen LogP contribution in [0.25, 0.3) is 0 Å². The molecule has 1 aromatic rings. The Morgan fingerprint density at radius 3 is 2.39 bits per heavy atom. The molecule has 5 nitrogen and oxygen atoms in total. The minimum atomic E-state index is -0.708. The molecule has 0 aliphatic carbocycles. The van der Waals surface area contributed by atoms with Gasteiger partial charge in [0.2, 0.25) is 0 Å². The first-order valence-corrected chi connectivity index (χ1v) is 5.23. The van der Waals surface area contributed by atoms with Gasteiger partial charge in [0.15, 0.2) is 0 Å². The van der Waals surface area contributed by atoms with Crippen LogP contribution >= 0.6 is 0 Å². The van der Waals surface area contributed by atoms with Crippen LogP contribution in [0.15, 0.2) is 42.1 Å². The number of carbonyl (C=O) groups is 2. The third-order valence-corrected chi connectivity index (χ3v) is 2.02. The quantitative estimate of drug-likeness (QED) is 0.632. The number of amides is 2. The highest BCUT2D eigenvalue weighted by Crippen LogP contribution is 2.00. The molecule has 0 bridgehead atoms. The summed E-state index contributed by atoms with van der Waals surface area (Å²) < 4.78 is 0. The molecule has 0 spiro atoms. The van der Waals surface area contributed by atoms with Crippen molar-refractivity contribution >= 4 is 11.8 Å². The maximum Gasteiger partial charge on any atom is 0.270 e. The van der Waals surface area contributed by atoms with Gasteiger partial charge in [-0.1, -0.05) is 18.2 Å². The van der Waals surface area contributed by atoms with E-state index in [0.29, 0.717) is 5.56 Å². The van der Waals surface area contributed by atoms with Crippen molar-refractivity contribution in [1.29, 1.82) is 5.26 Å². The number of hydrogen-bond donors (Lipinski definition) is 1. The zero-order valence-electron chi connectivity index (χ0n) is 10.2. The summed E-state index contributed by atoms with van der Waals surface area (Å²) in [5.74, 6) is -1.24. The number of imide groups is 1. The Balaban J connectivity index is 2.77. The predicted molar refractivity (Wildman–Crippen MR) is 66.3 cm³/mol. The van der Waals surface area contributed by atoms with Crippen LogP contribution in [0.1, 0.15) is 10.4 Å². The predicted octanol–water partition coefficient (Wildman–Crippen LogP) is 0.912. The number of nitrogens with zero attached hydrogens (tertiary/aromatic N) is 2. The van der Waals surface area contributed by atoms with E-state index in [-0.39, 0.29) is 5.57 Å². The molecule has 1 aromatic carbocycles. The van der Waals surface area contributed by atoms with Gasteiger partial charge in [0.25, 0.3) is 11.8 Å². The molecule has 0 unspecified atom stereocenters. The lowest BCUT2D eigenvalue weighted by molar-refractivity contribution is -0.116. The molecule has 0 saturated heterocycles. The molecule has 0 aliphatic heterocycles. The van der Waals surface area contributed by atoms with Crippen molar-refractivity contribution in [3.8, 4) is 6.07 Å². The molecule has 18 heavy (non-hydrogen) atoms. The van der Waals surface area contributed by atoms with Crippen LogP contribution in [0.4, 0.5) is 0 Å². The van der Waals surface area contributed by atoms with Gasteiger partial charge in [0, 0.05) is 25.9 Å². The maximum absolute atomic E-state index is 11.7. The third-order valence-electron chi connectivity index (χ3n) is 2.02. The molecule has 5 heteroatoms. The van der Waals surface area contributed by atoms with Crippen LogP contribution in [-0.2, 0) is 4.79 Å². The monoisotopic (exact) mass is 243 g/mol. The summed E-state index contributed by atoms with van der Waals surface area (Å²) >= 11 is 0. The van der Waals surface area contributed by atoms with Crippen molar-refractivity contribution in [3.05, 3.63) is 47.7 Å². The van der Waals surface area contributed by atoms with E-state index in [1.807, 2.05) is 0 Å². The summed E-state index contributed by atoms with van der Waals surface area (Å²) in [5.41, 5.74) is 0.247. The molecule has 1 N–H and O–H groups in total. The van der Waals surface area contributed by atoms with E-state index in [1.165, 1.54) is 6.20 Å². The van der Waals surface area contributed by atoms with Crippen LogP contribution < -0.4 is 5.32 Å². The fourth-order valence-corrected chi connectivity index (χ4v) is 1.23. The van der Waals surface area contributed by atoms with Gasteiger partial charge >= 0.3 is 0 Å². The first-order valence-electron chi connectivity index (χ1n) is 5.23. The molecule has 2 amide bonds. The van der Waals surface area contributed by atoms with E-state index >= 15 is 0 Å². The Morgan fingerprint density at radius 1 is 1.28 bits per heavy atom. The first-order chi connectivity index (χ1) is 8.54. The number of benzene rings is 1. The number of hydrogen-bond acceptors (Lipinski definition) is 4. The lowest BCUT2D eigenvalue weighted by Gasteiger charge is -2.06. The average Bonchev–Trinajstić information content (AvgIpc) is 2.36. The minimum absolute atomic E-state index is 0.121. The lowest BCUT2D eigenvalue weighted by atomic mass is 10.2. The van der Waals surface area contributed by atoms with Crippen LogP contribution in [0, 0.1) is 11.3 Å². The summed E-state index contributed by atoms with van der Waals surface area (Å²) in [6.07, 6.45) is 1.35. The Kier molecular flexibility index (Phi) is 4.64. The van der Waals surface area contributed by atoms with Crippen molar-refractivity contribution in [2.75, 3.05) is 14.1 Å². The van der Waals surface area contributed by atoms with Crippen LogP contribution in [-0.4, -0.2) is 30.8 Å². The number of rotatable bonds is 3. The van der Waals surface area contributed by atoms with Crippen molar-refractivity contribution in [2.45, 2.75) is 0 Å². The molecule has 0 atom stereocenters. The zero-order valence-corrected chi connectivity index (χ0v) is 10.2. The summed E-state index contributed by atoms with van der Waals surface area (Å²) in [4.78, 5) is 24.9. The van der Waals surface area contributed by atoms with Gasteiger partial charge in [-0.2, -0.15) is 5.26 Å². The number of nitrogens with one attached hydrogen (secondary N) is 1. The molecule has 0 aromatic heterocycles. The van der Waals surface area contributed by atoms with Gasteiger partial charge < -0.3 is 4.90 Å². The maximum atomic E-state index is 11.7. The second kappa shape index (κ2) is 6.21. The SMILES string of the molecule is CN(C)/C=C(\C#N)C(=O)NC(=O)c1ccccc1. The van der Waals surface area contributed by atoms with Crippen molar-refractivity contribution in [2.24, 2.45) is 0 Å². The highest BCUT2D eigenvalue weighted by Gasteiger charge is 2.14. The highest BCUT2D eigenvalue weighted by molar-refractivity contribution is 6.11. The summed E-state index contributed by atoms with van der Waals surface area (Å²) in [6, 6.07) is 10.1. The summed E-state index contributed by atoms with van der Waals surface area (Å²) in [7, 11) is 3.37. The van der Waals surface area contributed by atoms with E-state index < -0.39 is 11.8 Å². The fourth-order valence-electron chi connectivity index (χ4n) is 1.23. The highest BCUT2D eigenvalue weighted by atomic mass is 16.2. The molecule has 0 radical (unpaired) electrons. The van der Waals surface area contributed by atoms with Gasteiger partial charge in [0.1, 0.15) is 11.6 Å². The topological polar surface area (TPSA) is 73.2 Å². The van der Waals surface area contributed by atoms with Crippen molar-refractivity contribution in [3.63, 3.8) is 0 Å². The van der Waals surface area contributed by atoms with E-state index in [1.54, 1.807) is 55.4 Å². The van der Waals surface area contributed by atoms with E-state index in [9.17, 15) is 9.59 Å². The Hall–Kier alpha value is -2.61. The van der Waals surface area contributed by atoms with E-state index in [0.717, 1.165) is 0 Å². The average molecular weight is 243 g/mol. The molecular formula is C13H13N3O2. The standard InChI is InChI=1S/C13H13N3O2/c1-16(2)9-11(8-14)13(18)15-12(17)10-6-4-3-5-7-10/h3-7,9H,1-2H3,(H,15,17,18)/b11-9+. The molecule has 0 aliphatic rings. The van der Waals surface area contributed by atoms with Crippen LogP contribution in [0.2, 0.25) is 0 Å². The molecule has 0 heterocycles. The third kappa shape index (κ3) is 3.76. The Bertz CT molecular complexity index is 513. The molecule has 0 fully saturated rings. The van der Waals surface area contributed by atoms with E-state index in [4.69, 9.17) is 5.26 Å². The Morgan fingerprint density at radius 2 is 1.89 bits per heavy atom. The normalized spacial score (nSPS) is 10.4. The minimum Gasteiger partial charge on any atom is -0.382 e. The zero-order chi connectivity index (χ0) is 13.5. The van der Waals surface area contributed by atoms with Gasteiger partial charge in [-0.15, -0.1) is 0 Å². The van der Waals surface area contributed by atoms with Crippen LogP contribution in [0.5, 0.6) is 0 Å². The summed E-state index contributed by atoms with van der Waals surface area (Å²) in [5, 5.41) is 11.0. The van der Waals surface area contributed by atoms with Crippen molar-refractivity contribution in [1.82, 2.24) is 10.2 Å². The van der Waals surface area contributed by atoms with Crippen molar-refractivity contribution < 1.29 is 9.59 Å². The molecule has 1 rings (SSSR count). The van der Waals surface area contributed by atoms with Gasteiger partial charge in [-0.05, 0) is 12.1 Å². The first kappa shape index (κ1) is 13.5. The lowest BCUT2D eigenvalue weighted by Crippen LogP contribution is -2.31. The molecule has 0 saturated carbocycles. The second-order valence-corrected chi connectivity index (χ2v) is 3.77. The largest absolute Gasteiger partial charge is 0.382 e. The fraction of sp³-hybridized carbons (Fsp3) is 0.154. The van der Waals surface area contributed by atoms with Crippen LogP contribution in [0.3, 0.4) is 0 Å². The van der Waals surface area contributed by atoms with Gasteiger partial charge in [0.05, 0.1) is 0 Å². The summed E-state index contributed by atoms with van der Waals surface area (Å²) in [6.45, 7) is 0. The van der Waals surface area contributed by atoms with Gasteiger partial charge in [-0.25, -0.2) is 0 Å². The number of nitriles is 1. The second-order valence-electron chi connectivity index (χ2n) is 3.77. The molecule has 92 valence electrons. The molecular weight excluding hydrogens is 230 g/mol. The van der Waals surface area contributed by atoms with Gasteiger partial charge in [-0.3, -0.25) is 14.9 Å². The smallest absolute Gasteiger partial charge is 0.270 e. The van der Waals surface area contributed by atoms with E-state index in [2.05, 4.69) is 5.32 Å². The number of carbonyl (C=O) groups excluding carboxylic acids is 2.